The molecule has 0 spiro atoms. The molecule has 2 aromatic rings. The average Bonchev–Trinajstić information content (AvgIpc) is 2.40. The summed E-state index contributed by atoms with van der Waals surface area (Å²) in [7, 11) is 0. The third-order valence-corrected chi connectivity index (χ3v) is 2.64. The van der Waals surface area contributed by atoms with Gasteiger partial charge in [-0.1, -0.05) is 12.1 Å². The topological polar surface area (TPSA) is 77.8 Å². The van der Waals surface area contributed by atoms with Crippen molar-refractivity contribution < 1.29 is 24.5 Å². The van der Waals surface area contributed by atoms with Crippen LogP contribution < -0.4 is 0 Å². The van der Waals surface area contributed by atoms with E-state index in [9.17, 15) is 19.4 Å². The lowest BCUT2D eigenvalue weighted by molar-refractivity contribution is 0.104. The lowest BCUT2D eigenvalue weighted by Crippen LogP contribution is -1.94. The van der Waals surface area contributed by atoms with Crippen LogP contribution in [0.5, 0.6) is 17.2 Å². The highest BCUT2D eigenvalue weighted by atomic mass is 19.1. The molecule has 0 radical (unpaired) electrons. The maximum atomic E-state index is 12.9. The summed E-state index contributed by atoms with van der Waals surface area (Å²) >= 11 is 0. The number of allylic oxidation sites excluding steroid dienone is 1. The number of phenolic OH excluding ortho intramolecular Hbond substituents is 3. The number of hydrogen-bond acceptors (Lipinski definition) is 4. The van der Waals surface area contributed by atoms with Crippen molar-refractivity contribution in [2.24, 2.45) is 0 Å². The van der Waals surface area contributed by atoms with Gasteiger partial charge in [0.05, 0.1) is 5.56 Å². The maximum absolute atomic E-state index is 12.9. The van der Waals surface area contributed by atoms with E-state index in [1.807, 2.05) is 0 Å². The van der Waals surface area contributed by atoms with Crippen molar-refractivity contribution >= 4 is 11.9 Å². The van der Waals surface area contributed by atoms with E-state index in [2.05, 4.69) is 0 Å². The zero-order chi connectivity index (χ0) is 14.7. The van der Waals surface area contributed by atoms with Crippen molar-refractivity contribution in [2.75, 3.05) is 0 Å². The zero-order valence-electron chi connectivity index (χ0n) is 10.2. The molecule has 0 atom stereocenters. The highest BCUT2D eigenvalue weighted by Crippen LogP contribution is 2.23. The molecule has 0 bridgehead atoms. The number of carbonyl (C=O) groups is 1. The molecular weight excluding hydrogens is 263 g/mol. The molecule has 0 heterocycles. The third-order valence-electron chi connectivity index (χ3n) is 2.64. The van der Waals surface area contributed by atoms with Gasteiger partial charge in [0.25, 0.3) is 0 Å². The van der Waals surface area contributed by atoms with Gasteiger partial charge in [0.15, 0.2) is 17.3 Å². The molecule has 0 fully saturated rings. The van der Waals surface area contributed by atoms with E-state index in [0.717, 1.165) is 12.1 Å². The molecule has 4 nitrogen and oxygen atoms in total. The Kier molecular flexibility index (Phi) is 3.70. The molecule has 0 unspecified atom stereocenters. The average molecular weight is 274 g/mol. The van der Waals surface area contributed by atoms with E-state index in [1.165, 1.54) is 36.4 Å². The van der Waals surface area contributed by atoms with E-state index in [-0.39, 0.29) is 17.1 Å². The van der Waals surface area contributed by atoms with Gasteiger partial charge in [-0.15, -0.1) is 0 Å². The Morgan fingerprint density at radius 2 is 1.75 bits per heavy atom. The van der Waals surface area contributed by atoms with Crippen LogP contribution in [0.4, 0.5) is 4.39 Å². The van der Waals surface area contributed by atoms with Crippen molar-refractivity contribution in [3.05, 3.63) is 59.4 Å². The van der Waals surface area contributed by atoms with Crippen LogP contribution in [0.3, 0.4) is 0 Å². The first kappa shape index (κ1) is 13.6. The number of rotatable bonds is 3. The Labute approximate surface area is 114 Å². The standard InChI is InChI=1S/C15H11FO4/c16-12-5-1-9(7-15(12)20)2-6-13(18)11-4-3-10(17)8-14(11)19/h1-8,17,19-20H. The lowest BCUT2D eigenvalue weighted by Gasteiger charge is -2.01. The first-order chi connectivity index (χ1) is 9.47. The number of ketones is 1. The zero-order valence-corrected chi connectivity index (χ0v) is 10.2. The van der Waals surface area contributed by atoms with Crippen LogP contribution in [0.15, 0.2) is 42.5 Å². The van der Waals surface area contributed by atoms with Crippen LogP contribution in [-0.4, -0.2) is 21.1 Å². The van der Waals surface area contributed by atoms with Gasteiger partial charge in [-0.25, -0.2) is 4.39 Å². The second-order valence-corrected chi connectivity index (χ2v) is 4.11. The molecule has 3 N–H and O–H groups in total. The SMILES string of the molecule is O=C(C=Cc1ccc(F)c(O)c1)c1ccc(O)cc1O. The molecule has 0 aliphatic rings. The molecule has 0 aromatic heterocycles. The largest absolute Gasteiger partial charge is 0.508 e. The van der Waals surface area contributed by atoms with Gasteiger partial charge in [0, 0.05) is 6.07 Å². The van der Waals surface area contributed by atoms with E-state index < -0.39 is 17.3 Å². The highest BCUT2D eigenvalue weighted by Gasteiger charge is 2.08. The summed E-state index contributed by atoms with van der Waals surface area (Å²) in [6, 6.07) is 7.29. The van der Waals surface area contributed by atoms with E-state index in [4.69, 9.17) is 5.11 Å². The van der Waals surface area contributed by atoms with E-state index in [1.54, 1.807) is 0 Å². The van der Waals surface area contributed by atoms with Gasteiger partial charge >= 0.3 is 0 Å². The predicted octanol–water partition coefficient (Wildman–Crippen LogP) is 2.84. The number of phenols is 3. The maximum Gasteiger partial charge on any atom is 0.189 e. The first-order valence-electron chi connectivity index (χ1n) is 5.70. The summed E-state index contributed by atoms with van der Waals surface area (Å²) in [5, 5.41) is 27.9. The fourth-order valence-electron chi connectivity index (χ4n) is 1.62. The number of carbonyl (C=O) groups excluding carboxylic acids is 1. The van der Waals surface area contributed by atoms with Crippen molar-refractivity contribution in [2.45, 2.75) is 0 Å². The summed E-state index contributed by atoms with van der Waals surface area (Å²) in [6.07, 6.45) is 2.56. The Morgan fingerprint density at radius 3 is 2.40 bits per heavy atom. The normalized spacial score (nSPS) is 10.8. The Morgan fingerprint density at radius 1 is 1.00 bits per heavy atom. The summed E-state index contributed by atoms with van der Waals surface area (Å²) < 4.78 is 12.9. The minimum Gasteiger partial charge on any atom is -0.508 e. The quantitative estimate of drug-likeness (QED) is 0.594. The Hall–Kier alpha value is -2.82. The van der Waals surface area contributed by atoms with Crippen molar-refractivity contribution in [1.82, 2.24) is 0 Å². The van der Waals surface area contributed by atoms with Crippen LogP contribution in [-0.2, 0) is 0 Å². The molecule has 0 aliphatic heterocycles. The molecule has 5 heteroatoms. The fourth-order valence-corrected chi connectivity index (χ4v) is 1.62. The van der Waals surface area contributed by atoms with Gasteiger partial charge in [-0.05, 0) is 35.9 Å². The minimum absolute atomic E-state index is 0.0328. The van der Waals surface area contributed by atoms with Crippen LogP contribution in [0.1, 0.15) is 15.9 Å². The summed E-state index contributed by atoms with van der Waals surface area (Å²) in [5.41, 5.74) is 0.473. The Bertz CT molecular complexity index is 692. The Balaban J connectivity index is 2.22. The molecule has 2 rings (SSSR count). The molecule has 102 valence electrons. The summed E-state index contributed by atoms with van der Waals surface area (Å²) in [6.45, 7) is 0. The highest BCUT2D eigenvalue weighted by molar-refractivity contribution is 6.08. The summed E-state index contributed by atoms with van der Waals surface area (Å²) in [5.74, 6) is -2.21. The van der Waals surface area contributed by atoms with Crippen molar-refractivity contribution in [3.63, 3.8) is 0 Å². The van der Waals surface area contributed by atoms with Crippen molar-refractivity contribution in [3.8, 4) is 17.2 Å². The lowest BCUT2D eigenvalue weighted by atomic mass is 10.1. The molecule has 2 aromatic carbocycles. The fraction of sp³-hybridized carbons (Fsp3) is 0. The smallest absolute Gasteiger partial charge is 0.189 e. The minimum atomic E-state index is -0.746. The van der Waals surface area contributed by atoms with Crippen LogP contribution in [0.2, 0.25) is 0 Å². The van der Waals surface area contributed by atoms with Gasteiger partial charge in [0.1, 0.15) is 11.5 Å². The van der Waals surface area contributed by atoms with Crippen LogP contribution in [0, 0.1) is 5.82 Å². The number of hydrogen-bond donors (Lipinski definition) is 3. The number of aromatic hydroxyl groups is 3. The first-order valence-corrected chi connectivity index (χ1v) is 5.70. The van der Waals surface area contributed by atoms with E-state index in [0.29, 0.717) is 5.56 Å². The molecule has 0 aliphatic carbocycles. The van der Waals surface area contributed by atoms with Gasteiger partial charge in [0.2, 0.25) is 0 Å². The van der Waals surface area contributed by atoms with Gasteiger partial charge in [-0.2, -0.15) is 0 Å². The number of halogens is 1. The molecule has 0 saturated heterocycles. The summed E-state index contributed by atoms with van der Waals surface area (Å²) in [4.78, 5) is 11.8. The van der Waals surface area contributed by atoms with Crippen LogP contribution >= 0.6 is 0 Å². The predicted molar refractivity (Wildman–Crippen MR) is 71.2 cm³/mol. The van der Waals surface area contributed by atoms with Gasteiger partial charge < -0.3 is 15.3 Å². The molecule has 20 heavy (non-hydrogen) atoms. The van der Waals surface area contributed by atoms with Crippen molar-refractivity contribution in [1.29, 1.82) is 0 Å². The monoisotopic (exact) mass is 274 g/mol. The van der Waals surface area contributed by atoms with Gasteiger partial charge in [-0.3, -0.25) is 4.79 Å². The van der Waals surface area contributed by atoms with Crippen LogP contribution in [0.25, 0.3) is 6.08 Å². The molecule has 0 amide bonds. The third kappa shape index (κ3) is 2.95. The molecular formula is C15H11FO4. The number of benzene rings is 2. The second-order valence-electron chi connectivity index (χ2n) is 4.11. The van der Waals surface area contributed by atoms with E-state index >= 15 is 0 Å². The molecule has 0 saturated carbocycles. The second kappa shape index (κ2) is 5.44.